The Morgan fingerprint density at radius 1 is 1.37 bits per heavy atom. The van der Waals surface area contributed by atoms with Gasteiger partial charge in [0, 0.05) is 22.6 Å². The van der Waals surface area contributed by atoms with Crippen LogP contribution in [-0.2, 0) is 13.2 Å². The summed E-state index contributed by atoms with van der Waals surface area (Å²) in [5.41, 5.74) is 1.90. The molecule has 1 aromatic carbocycles. The highest BCUT2D eigenvalue weighted by Gasteiger charge is 2.07. The third-order valence-corrected chi connectivity index (χ3v) is 3.30. The maximum absolute atomic E-state index is 5.52. The number of hydrogen-bond donors (Lipinski definition) is 1. The number of nitrogens with zero attached hydrogens (tertiary/aromatic N) is 1. The SMILES string of the molecule is CC(C)NCc1coc(OCc2ccccc2Br)n1. The minimum absolute atomic E-state index is 0.302. The molecule has 5 heteroatoms. The summed E-state index contributed by atoms with van der Waals surface area (Å²) in [5.74, 6) is 0. The quantitative estimate of drug-likeness (QED) is 0.883. The van der Waals surface area contributed by atoms with Crippen molar-refractivity contribution in [1.29, 1.82) is 0 Å². The van der Waals surface area contributed by atoms with E-state index in [1.807, 2.05) is 24.3 Å². The molecule has 102 valence electrons. The lowest BCUT2D eigenvalue weighted by Crippen LogP contribution is -2.21. The van der Waals surface area contributed by atoms with Gasteiger partial charge in [0.1, 0.15) is 12.9 Å². The number of oxazole rings is 1. The van der Waals surface area contributed by atoms with Crippen molar-refractivity contribution in [2.75, 3.05) is 0 Å². The van der Waals surface area contributed by atoms with Crippen LogP contribution in [0.3, 0.4) is 0 Å². The molecule has 0 unspecified atom stereocenters. The number of ether oxygens (including phenoxy) is 1. The van der Waals surface area contributed by atoms with Crippen LogP contribution in [-0.4, -0.2) is 11.0 Å². The lowest BCUT2D eigenvalue weighted by molar-refractivity contribution is 0.219. The van der Waals surface area contributed by atoms with Gasteiger partial charge in [0.15, 0.2) is 0 Å². The maximum atomic E-state index is 5.52. The van der Waals surface area contributed by atoms with Crippen molar-refractivity contribution >= 4 is 15.9 Å². The van der Waals surface area contributed by atoms with Gasteiger partial charge in [0.2, 0.25) is 0 Å². The molecule has 0 aliphatic heterocycles. The van der Waals surface area contributed by atoms with Crippen molar-refractivity contribution in [3.05, 3.63) is 46.3 Å². The molecule has 2 rings (SSSR count). The lowest BCUT2D eigenvalue weighted by atomic mass is 10.2. The summed E-state index contributed by atoms with van der Waals surface area (Å²) >= 11 is 3.47. The molecule has 0 amide bonds. The number of aromatic nitrogens is 1. The summed E-state index contributed by atoms with van der Waals surface area (Å²) in [4.78, 5) is 4.26. The first kappa shape index (κ1) is 14.1. The van der Waals surface area contributed by atoms with Crippen LogP contribution in [0.4, 0.5) is 0 Å². The molecular weight excluding hydrogens is 308 g/mol. The van der Waals surface area contributed by atoms with E-state index in [-0.39, 0.29) is 0 Å². The molecule has 0 bridgehead atoms. The van der Waals surface area contributed by atoms with Gasteiger partial charge < -0.3 is 14.5 Å². The zero-order valence-corrected chi connectivity index (χ0v) is 12.6. The first-order chi connectivity index (χ1) is 9.15. The Kier molecular flexibility index (Phi) is 4.99. The molecule has 1 aromatic heterocycles. The minimum Gasteiger partial charge on any atom is -0.445 e. The van der Waals surface area contributed by atoms with Crippen molar-refractivity contribution in [3.8, 4) is 6.08 Å². The van der Waals surface area contributed by atoms with Crippen LogP contribution in [0.2, 0.25) is 0 Å². The predicted octanol–water partition coefficient (Wildman–Crippen LogP) is 3.51. The molecule has 19 heavy (non-hydrogen) atoms. The van der Waals surface area contributed by atoms with Crippen LogP contribution in [0.1, 0.15) is 25.1 Å². The molecule has 0 atom stereocenters. The summed E-state index contributed by atoms with van der Waals surface area (Å²) in [6.45, 7) is 5.29. The van der Waals surface area contributed by atoms with Gasteiger partial charge in [-0.05, 0) is 6.07 Å². The molecular formula is C14H17BrN2O2. The van der Waals surface area contributed by atoms with Gasteiger partial charge in [-0.1, -0.05) is 48.0 Å². The van der Waals surface area contributed by atoms with Gasteiger partial charge in [0.05, 0.1) is 5.69 Å². The first-order valence-electron chi connectivity index (χ1n) is 6.19. The van der Waals surface area contributed by atoms with E-state index in [2.05, 4.69) is 40.1 Å². The Labute approximate surface area is 121 Å². The van der Waals surface area contributed by atoms with Crippen LogP contribution in [0.15, 0.2) is 39.4 Å². The Morgan fingerprint density at radius 2 is 2.16 bits per heavy atom. The van der Waals surface area contributed by atoms with E-state index in [0.717, 1.165) is 15.7 Å². The number of nitrogens with one attached hydrogen (secondary N) is 1. The van der Waals surface area contributed by atoms with Gasteiger partial charge in [-0.15, -0.1) is 0 Å². The zero-order chi connectivity index (χ0) is 13.7. The largest absolute Gasteiger partial charge is 0.445 e. The van der Waals surface area contributed by atoms with E-state index in [9.17, 15) is 0 Å². The molecule has 0 spiro atoms. The Balaban J connectivity index is 1.88. The number of rotatable bonds is 6. The molecule has 0 saturated carbocycles. The molecule has 1 heterocycles. The fourth-order valence-electron chi connectivity index (χ4n) is 1.50. The van der Waals surface area contributed by atoms with Crippen molar-refractivity contribution in [1.82, 2.24) is 10.3 Å². The zero-order valence-electron chi connectivity index (χ0n) is 11.0. The van der Waals surface area contributed by atoms with Gasteiger partial charge in [-0.2, -0.15) is 4.98 Å². The maximum Gasteiger partial charge on any atom is 0.394 e. The van der Waals surface area contributed by atoms with Crippen molar-refractivity contribution in [2.45, 2.75) is 33.0 Å². The van der Waals surface area contributed by atoms with Gasteiger partial charge in [-0.25, -0.2) is 0 Å². The summed E-state index contributed by atoms with van der Waals surface area (Å²) in [5, 5.41) is 3.27. The van der Waals surface area contributed by atoms with E-state index in [1.165, 1.54) is 0 Å². The Morgan fingerprint density at radius 3 is 2.89 bits per heavy atom. The second kappa shape index (κ2) is 6.73. The monoisotopic (exact) mass is 324 g/mol. The fraction of sp³-hybridized carbons (Fsp3) is 0.357. The number of hydrogen-bond acceptors (Lipinski definition) is 4. The molecule has 0 radical (unpaired) electrons. The summed E-state index contributed by atoms with van der Waals surface area (Å²) in [7, 11) is 0. The minimum atomic E-state index is 0.302. The third kappa shape index (κ3) is 4.36. The van der Waals surface area contributed by atoms with Crippen molar-refractivity contribution in [2.24, 2.45) is 0 Å². The van der Waals surface area contributed by atoms with Crippen LogP contribution in [0.5, 0.6) is 6.08 Å². The molecule has 1 N–H and O–H groups in total. The van der Waals surface area contributed by atoms with Gasteiger partial charge >= 0.3 is 6.08 Å². The Bertz CT molecular complexity index is 526. The third-order valence-electron chi connectivity index (χ3n) is 2.53. The first-order valence-corrected chi connectivity index (χ1v) is 6.98. The van der Waals surface area contributed by atoms with Crippen LogP contribution in [0, 0.1) is 0 Å². The number of halogens is 1. The summed E-state index contributed by atoms with van der Waals surface area (Å²) in [6.07, 6.45) is 1.92. The average Bonchev–Trinajstić information content (AvgIpc) is 2.83. The van der Waals surface area contributed by atoms with Gasteiger partial charge in [-0.3, -0.25) is 0 Å². The van der Waals surface area contributed by atoms with E-state index in [0.29, 0.717) is 25.3 Å². The van der Waals surface area contributed by atoms with Crippen molar-refractivity contribution < 1.29 is 9.15 Å². The second-order valence-electron chi connectivity index (χ2n) is 4.52. The van der Waals surface area contributed by atoms with E-state index in [4.69, 9.17) is 9.15 Å². The molecule has 0 aliphatic carbocycles. The molecule has 0 fully saturated rings. The highest BCUT2D eigenvalue weighted by atomic mass is 79.9. The normalized spacial score (nSPS) is 10.9. The predicted molar refractivity (Wildman–Crippen MR) is 77.0 cm³/mol. The highest BCUT2D eigenvalue weighted by molar-refractivity contribution is 9.10. The molecule has 0 saturated heterocycles. The topological polar surface area (TPSA) is 47.3 Å². The smallest absolute Gasteiger partial charge is 0.394 e. The van der Waals surface area contributed by atoms with Crippen molar-refractivity contribution in [3.63, 3.8) is 0 Å². The average molecular weight is 325 g/mol. The lowest BCUT2D eigenvalue weighted by Gasteiger charge is -2.04. The second-order valence-corrected chi connectivity index (χ2v) is 5.37. The molecule has 0 aliphatic rings. The number of benzene rings is 1. The van der Waals surface area contributed by atoms with E-state index in [1.54, 1.807) is 6.26 Å². The fourth-order valence-corrected chi connectivity index (χ4v) is 1.90. The Hall–Kier alpha value is -1.33. The standard InChI is InChI=1S/C14H17BrN2O2/c1-10(2)16-7-12-9-19-14(17-12)18-8-11-5-3-4-6-13(11)15/h3-6,9-10,16H,7-8H2,1-2H3. The molecule has 2 aromatic rings. The van der Waals surface area contributed by atoms with Crippen LogP contribution in [0.25, 0.3) is 0 Å². The van der Waals surface area contributed by atoms with Gasteiger partial charge in [0.25, 0.3) is 0 Å². The van der Waals surface area contributed by atoms with E-state index < -0.39 is 0 Å². The summed E-state index contributed by atoms with van der Waals surface area (Å²) < 4.78 is 11.8. The van der Waals surface area contributed by atoms with Crippen LogP contribution >= 0.6 is 15.9 Å². The van der Waals surface area contributed by atoms with Crippen LogP contribution < -0.4 is 10.1 Å². The van der Waals surface area contributed by atoms with E-state index >= 15 is 0 Å². The summed E-state index contributed by atoms with van der Waals surface area (Å²) in [6, 6.07) is 8.33. The highest BCUT2D eigenvalue weighted by Crippen LogP contribution is 2.18. The molecule has 4 nitrogen and oxygen atoms in total.